The topological polar surface area (TPSA) is 46.2 Å². The van der Waals surface area contributed by atoms with E-state index in [0.717, 1.165) is 0 Å². The van der Waals surface area contributed by atoms with Crippen molar-refractivity contribution >= 4 is 11.8 Å². The van der Waals surface area contributed by atoms with Crippen LogP contribution >= 0.6 is 11.8 Å². The van der Waals surface area contributed by atoms with Gasteiger partial charge in [0.1, 0.15) is 0 Å². The van der Waals surface area contributed by atoms with Gasteiger partial charge >= 0.3 is 0 Å². The lowest BCUT2D eigenvalue weighted by Gasteiger charge is -2.09. The van der Waals surface area contributed by atoms with Crippen LogP contribution in [0.25, 0.3) is 0 Å². The van der Waals surface area contributed by atoms with Crippen molar-refractivity contribution in [2.75, 3.05) is 6.26 Å². The van der Waals surface area contributed by atoms with Crippen LogP contribution in [0.1, 0.15) is 6.92 Å². The van der Waals surface area contributed by atoms with E-state index in [9.17, 15) is 0 Å². The summed E-state index contributed by atoms with van der Waals surface area (Å²) in [6.07, 6.45) is 1.48. The number of rotatable bonds is 2. The molecule has 0 radical (unpaired) electrons. The molecular formula is C4H11NOS. The Balaban J connectivity index is 3.14. The van der Waals surface area contributed by atoms with Crippen molar-refractivity contribution in [1.82, 2.24) is 0 Å². The summed E-state index contributed by atoms with van der Waals surface area (Å²) in [4.78, 5) is 0. The number of aliphatic hydroxyl groups excluding tert-OH is 1. The highest BCUT2D eigenvalue weighted by Gasteiger charge is 2.04. The summed E-state index contributed by atoms with van der Waals surface area (Å²) in [5.41, 5.74) is 5.33. The van der Waals surface area contributed by atoms with E-state index in [0.29, 0.717) is 0 Å². The van der Waals surface area contributed by atoms with Crippen LogP contribution in [-0.4, -0.2) is 22.8 Å². The molecule has 0 aromatic rings. The van der Waals surface area contributed by atoms with Gasteiger partial charge in [-0.2, -0.15) is 0 Å². The predicted octanol–water partition coefficient (Wildman–Crippen LogP) is 0.0150. The fourth-order valence-corrected chi connectivity index (χ4v) is 0.591. The van der Waals surface area contributed by atoms with Crippen molar-refractivity contribution < 1.29 is 5.11 Å². The van der Waals surface area contributed by atoms with Crippen LogP contribution in [0.2, 0.25) is 0 Å². The molecule has 0 aromatic carbocycles. The summed E-state index contributed by atoms with van der Waals surface area (Å²) in [6, 6.07) is 0. The average Bonchev–Trinajstić information content (AvgIpc) is 1.65. The van der Waals surface area contributed by atoms with Crippen LogP contribution < -0.4 is 5.73 Å². The van der Waals surface area contributed by atoms with E-state index in [1.54, 1.807) is 6.92 Å². The minimum absolute atomic E-state index is 0.125. The smallest absolute Gasteiger partial charge is 0.0764 e. The van der Waals surface area contributed by atoms with Gasteiger partial charge in [-0.05, 0) is 13.2 Å². The highest BCUT2D eigenvalue weighted by atomic mass is 32.2. The Labute approximate surface area is 48.1 Å². The molecule has 0 spiro atoms. The molecule has 0 aliphatic heterocycles. The van der Waals surface area contributed by atoms with Crippen molar-refractivity contribution in [3.05, 3.63) is 0 Å². The molecule has 0 rings (SSSR count). The van der Waals surface area contributed by atoms with Crippen LogP contribution in [0.5, 0.6) is 0 Å². The van der Waals surface area contributed by atoms with E-state index in [1.807, 2.05) is 6.26 Å². The molecule has 44 valence electrons. The maximum absolute atomic E-state index is 8.68. The molecular weight excluding hydrogens is 110 g/mol. The van der Waals surface area contributed by atoms with Crippen molar-refractivity contribution in [3.63, 3.8) is 0 Å². The third kappa shape index (κ3) is 2.91. The van der Waals surface area contributed by atoms with Crippen molar-refractivity contribution in [2.24, 2.45) is 5.73 Å². The summed E-state index contributed by atoms with van der Waals surface area (Å²) in [6.45, 7) is 1.68. The molecule has 2 atom stereocenters. The molecule has 0 aliphatic rings. The second-order valence-corrected chi connectivity index (χ2v) is 2.46. The van der Waals surface area contributed by atoms with Gasteiger partial charge in [0.05, 0.1) is 11.5 Å². The Morgan fingerprint density at radius 2 is 2.14 bits per heavy atom. The Morgan fingerprint density at radius 3 is 2.14 bits per heavy atom. The molecule has 0 fully saturated rings. The normalized spacial score (nSPS) is 18.9. The van der Waals surface area contributed by atoms with E-state index in [1.165, 1.54) is 11.8 Å². The SMILES string of the molecule is CSC(N)C(C)O. The Hall–Kier alpha value is 0.270. The average molecular weight is 121 g/mol. The van der Waals surface area contributed by atoms with Crippen molar-refractivity contribution in [1.29, 1.82) is 0 Å². The molecule has 0 saturated heterocycles. The Morgan fingerprint density at radius 1 is 1.71 bits per heavy atom. The molecule has 2 unspecified atom stereocenters. The predicted molar refractivity (Wildman–Crippen MR) is 33.2 cm³/mol. The zero-order valence-electron chi connectivity index (χ0n) is 4.59. The van der Waals surface area contributed by atoms with Gasteiger partial charge in [0.25, 0.3) is 0 Å². The molecule has 2 nitrogen and oxygen atoms in total. The molecule has 3 N–H and O–H groups in total. The van der Waals surface area contributed by atoms with E-state index >= 15 is 0 Å². The number of aliphatic hydroxyl groups is 1. The van der Waals surface area contributed by atoms with Crippen molar-refractivity contribution in [3.8, 4) is 0 Å². The second-order valence-electron chi connectivity index (χ2n) is 1.44. The van der Waals surface area contributed by atoms with Crippen LogP contribution in [0.3, 0.4) is 0 Å². The first kappa shape index (κ1) is 7.27. The summed E-state index contributed by atoms with van der Waals surface area (Å²) < 4.78 is 0. The largest absolute Gasteiger partial charge is 0.391 e. The second kappa shape index (κ2) is 3.29. The van der Waals surface area contributed by atoms with E-state index in [4.69, 9.17) is 10.8 Å². The zero-order chi connectivity index (χ0) is 5.86. The van der Waals surface area contributed by atoms with E-state index < -0.39 is 6.10 Å². The minimum atomic E-state index is -0.394. The molecule has 0 saturated carbocycles. The van der Waals surface area contributed by atoms with Gasteiger partial charge in [0.2, 0.25) is 0 Å². The molecule has 7 heavy (non-hydrogen) atoms. The molecule has 0 aliphatic carbocycles. The van der Waals surface area contributed by atoms with E-state index in [-0.39, 0.29) is 5.37 Å². The molecule has 0 bridgehead atoms. The fourth-order valence-electron chi connectivity index (χ4n) is 0.197. The third-order valence-corrected chi connectivity index (χ3v) is 1.69. The number of nitrogens with two attached hydrogens (primary N) is 1. The molecule has 0 heterocycles. The monoisotopic (exact) mass is 121 g/mol. The highest BCUT2D eigenvalue weighted by Crippen LogP contribution is 2.02. The first-order valence-corrected chi connectivity index (χ1v) is 3.43. The summed E-state index contributed by atoms with van der Waals surface area (Å²) in [7, 11) is 0. The lowest BCUT2D eigenvalue weighted by Crippen LogP contribution is -2.28. The zero-order valence-corrected chi connectivity index (χ0v) is 5.40. The van der Waals surface area contributed by atoms with Gasteiger partial charge in [0.15, 0.2) is 0 Å². The van der Waals surface area contributed by atoms with Gasteiger partial charge < -0.3 is 10.8 Å². The lowest BCUT2D eigenvalue weighted by molar-refractivity contribution is 0.193. The quantitative estimate of drug-likeness (QED) is 0.506. The maximum Gasteiger partial charge on any atom is 0.0764 e. The molecule has 3 heteroatoms. The molecule has 0 aromatic heterocycles. The first-order chi connectivity index (χ1) is 3.18. The van der Waals surface area contributed by atoms with Gasteiger partial charge in [-0.15, -0.1) is 11.8 Å². The maximum atomic E-state index is 8.68. The van der Waals surface area contributed by atoms with Gasteiger partial charge in [0, 0.05) is 0 Å². The van der Waals surface area contributed by atoms with Crippen LogP contribution in [0.4, 0.5) is 0 Å². The Bertz CT molecular complexity index is 49.0. The van der Waals surface area contributed by atoms with Gasteiger partial charge in [-0.1, -0.05) is 0 Å². The summed E-state index contributed by atoms with van der Waals surface area (Å²) >= 11 is 1.46. The minimum Gasteiger partial charge on any atom is -0.391 e. The Kier molecular flexibility index (Phi) is 3.42. The third-order valence-electron chi connectivity index (χ3n) is 0.748. The van der Waals surface area contributed by atoms with Crippen LogP contribution in [-0.2, 0) is 0 Å². The highest BCUT2D eigenvalue weighted by molar-refractivity contribution is 7.99. The van der Waals surface area contributed by atoms with Crippen molar-refractivity contribution in [2.45, 2.75) is 18.4 Å². The van der Waals surface area contributed by atoms with Crippen LogP contribution in [0, 0.1) is 0 Å². The lowest BCUT2D eigenvalue weighted by atomic mass is 10.4. The number of hydrogen-bond acceptors (Lipinski definition) is 3. The first-order valence-electron chi connectivity index (χ1n) is 2.15. The summed E-state index contributed by atoms with van der Waals surface area (Å²) in [5.74, 6) is 0. The standard InChI is InChI=1S/C4H11NOS/c1-3(6)4(5)7-2/h3-4,6H,5H2,1-2H3. The van der Waals surface area contributed by atoms with E-state index in [2.05, 4.69) is 0 Å². The molecule has 0 amide bonds. The number of thioether (sulfide) groups is 1. The number of hydrogen-bond donors (Lipinski definition) is 2. The summed E-state index contributed by atoms with van der Waals surface area (Å²) in [5, 5.41) is 8.55. The fraction of sp³-hybridized carbons (Fsp3) is 1.00. The van der Waals surface area contributed by atoms with Crippen LogP contribution in [0.15, 0.2) is 0 Å². The van der Waals surface area contributed by atoms with Gasteiger partial charge in [-0.25, -0.2) is 0 Å². The van der Waals surface area contributed by atoms with Gasteiger partial charge in [-0.3, -0.25) is 0 Å².